The van der Waals surface area contributed by atoms with Crippen molar-refractivity contribution >= 4 is 5.91 Å². The summed E-state index contributed by atoms with van der Waals surface area (Å²) in [6, 6.07) is 0. The number of oxazole rings is 1. The van der Waals surface area contributed by atoms with Crippen molar-refractivity contribution in [1.82, 2.24) is 24.6 Å². The van der Waals surface area contributed by atoms with Crippen LogP contribution < -0.4 is 0 Å². The summed E-state index contributed by atoms with van der Waals surface area (Å²) in [5.74, 6) is 0.515. The van der Waals surface area contributed by atoms with E-state index in [4.69, 9.17) is 9.15 Å². The van der Waals surface area contributed by atoms with Crippen molar-refractivity contribution in [2.75, 3.05) is 32.8 Å². The van der Waals surface area contributed by atoms with Crippen LogP contribution in [0.4, 0.5) is 0 Å². The third-order valence-electron chi connectivity index (χ3n) is 5.67. The lowest BCUT2D eigenvalue weighted by Crippen LogP contribution is -2.58. The molecule has 2 aliphatic heterocycles. The summed E-state index contributed by atoms with van der Waals surface area (Å²) < 4.78 is 13.3. The van der Waals surface area contributed by atoms with Gasteiger partial charge in [0.15, 0.2) is 12.1 Å². The zero-order valence-electron chi connectivity index (χ0n) is 16.1. The van der Waals surface area contributed by atoms with Crippen molar-refractivity contribution in [3.63, 3.8) is 0 Å². The standard InChI is InChI=1S/C19H27N5O3/c1-3-24-12-16(10-21-24)11-22-6-4-19(5-7-22)13-23(8-9-27-19)18(25)17-15(2)26-14-20-17/h10,12,14H,3-9,11,13H2,1-2H3. The Morgan fingerprint density at radius 2 is 2.11 bits per heavy atom. The minimum absolute atomic E-state index is 0.0571. The van der Waals surface area contributed by atoms with Crippen LogP contribution in [0.15, 0.2) is 23.2 Å². The molecule has 0 N–H and O–H groups in total. The summed E-state index contributed by atoms with van der Waals surface area (Å²) in [5.41, 5.74) is 1.42. The van der Waals surface area contributed by atoms with Gasteiger partial charge >= 0.3 is 0 Å². The molecule has 8 nitrogen and oxygen atoms in total. The Morgan fingerprint density at radius 3 is 2.78 bits per heavy atom. The highest BCUT2D eigenvalue weighted by atomic mass is 16.5. The maximum absolute atomic E-state index is 12.8. The van der Waals surface area contributed by atoms with E-state index in [1.54, 1.807) is 6.92 Å². The van der Waals surface area contributed by atoms with Gasteiger partial charge in [0.25, 0.3) is 5.91 Å². The smallest absolute Gasteiger partial charge is 0.276 e. The Bertz CT molecular complexity index is 791. The molecule has 0 atom stereocenters. The first-order valence-electron chi connectivity index (χ1n) is 9.65. The van der Waals surface area contributed by atoms with Crippen LogP contribution in [-0.2, 0) is 17.8 Å². The maximum Gasteiger partial charge on any atom is 0.276 e. The van der Waals surface area contributed by atoms with Gasteiger partial charge in [0.2, 0.25) is 0 Å². The van der Waals surface area contributed by atoms with Crippen molar-refractivity contribution in [2.45, 2.75) is 45.4 Å². The fraction of sp³-hybridized carbons (Fsp3) is 0.632. The van der Waals surface area contributed by atoms with Crippen LogP contribution in [0.2, 0.25) is 0 Å². The number of carbonyl (C=O) groups is 1. The van der Waals surface area contributed by atoms with Crippen LogP contribution in [-0.4, -0.2) is 68.9 Å². The lowest BCUT2D eigenvalue weighted by Gasteiger charge is -2.47. The third-order valence-corrected chi connectivity index (χ3v) is 5.67. The predicted octanol–water partition coefficient (Wildman–Crippen LogP) is 1.71. The van der Waals surface area contributed by atoms with Gasteiger partial charge in [-0.2, -0.15) is 5.10 Å². The Hall–Kier alpha value is -2.19. The van der Waals surface area contributed by atoms with Gasteiger partial charge in [0.05, 0.1) is 24.9 Å². The minimum Gasteiger partial charge on any atom is -0.448 e. The molecular formula is C19H27N5O3. The number of amides is 1. The average molecular weight is 373 g/mol. The molecule has 146 valence electrons. The van der Waals surface area contributed by atoms with Crippen molar-refractivity contribution in [3.8, 4) is 0 Å². The van der Waals surface area contributed by atoms with E-state index in [0.717, 1.165) is 39.0 Å². The lowest BCUT2D eigenvalue weighted by molar-refractivity contribution is -0.128. The number of ether oxygens (including phenoxy) is 1. The number of likely N-dealkylation sites (tertiary alicyclic amines) is 1. The predicted molar refractivity (Wildman–Crippen MR) is 98.2 cm³/mol. The second-order valence-corrected chi connectivity index (χ2v) is 7.50. The first-order chi connectivity index (χ1) is 13.1. The van der Waals surface area contributed by atoms with Crippen LogP contribution in [0.3, 0.4) is 0 Å². The molecule has 2 aromatic heterocycles. The Balaban J connectivity index is 1.35. The highest BCUT2D eigenvalue weighted by molar-refractivity contribution is 5.93. The number of piperidine rings is 1. The zero-order chi connectivity index (χ0) is 18.9. The normalized spacial score (nSPS) is 20.3. The molecule has 1 spiro atoms. The second-order valence-electron chi connectivity index (χ2n) is 7.50. The number of morpholine rings is 1. The number of hydrogen-bond donors (Lipinski definition) is 0. The molecule has 2 aromatic rings. The van der Waals surface area contributed by atoms with Crippen LogP contribution in [0.5, 0.6) is 0 Å². The first kappa shape index (κ1) is 18.2. The molecule has 0 aliphatic carbocycles. The molecule has 0 radical (unpaired) electrons. The number of rotatable bonds is 4. The van der Waals surface area contributed by atoms with Crippen LogP contribution in [0.25, 0.3) is 0 Å². The Kier molecular flexibility index (Phi) is 5.01. The average Bonchev–Trinajstić information content (AvgIpc) is 3.32. The van der Waals surface area contributed by atoms with Crippen molar-refractivity contribution < 1.29 is 13.9 Å². The molecule has 4 heterocycles. The highest BCUT2D eigenvalue weighted by Crippen LogP contribution is 2.31. The van der Waals surface area contributed by atoms with E-state index in [0.29, 0.717) is 31.2 Å². The van der Waals surface area contributed by atoms with Gasteiger partial charge in [0.1, 0.15) is 5.76 Å². The molecule has 0 aromatic carbocycles. The summed E-state index contributed by atoms with van der Waals surface area (Å²) in [6.07, 6.45) is 7.25. The number of aryl methyl sites for hydroxylation is 2. The summed E-state index contributed by atoms with van der Waals surface area (Å²) in [7, 11) is 0. The first-order valence-corrected chi connectivity index (χ1v) is 9.65. The SMILES string of the molecule is CCn1cc(CN2CCC3(CC2)CN(C(=O)c2ncoc2C)CCO3)cn1. The number of nitrogens with zero attached hydrogens (tertiary/aromatic N) is 5. The van der Waals surface area contributed by atoms with Crippen LogP contribution in [0.1, 0.15) is 41.6 Å². The Morgan fingerprint density at radius 1 is 1.30 bits per heavy atom. The summed E-state index contributed by atoms with van der Waals surface area (Å²) in [4.78, 5) is 21.2. The van der Waals surface area contributed by atoms with Crippen molar-refractivity contribution in [1.29, 1.82) is 0 Å². The van der Waals surface area contributed by atoms with Crippen molar-refractivity contribution in [2.24, 2.45) is 0 Å². The van der Waals surface area contributed by atoms with Crippen LogP contribution >= 0.6 is 0 Å². The number of aromatic nitrogens is 3. The molecule has 1 amide bonds. The highest BCUT2D eigenvalue weighted by Gasteiger charge is 2.41. The van der Waals surface area contributed by atoms with E-state index in [-0.39, 0.29) is 11.5 Å². The topological polar surface area (TPSA) is 76.6 Å². The number of hydrogen-bond acceptors (Lipinski definition) is 6. The van der Waals surface area contributed by atoms with E-state index in [9.17, 15) is 4.79 Å². The largest absolute Gasteiger partial charge is 0.448 e. The van der Waals surface area contributed by atoms with Gasteiger partial charge < -0.3 is 14.1 Å². The maximum atomic E-state index is 12.8. The minimum atomic E-state index is -0.240. The van der Waals surface area contributed by atoms with Crippen LogP contribution in [0, 0.1) is 6.92 Å². The van der Waals surface area contributed by atoms with E-state index < -0.39 is 0 Å². The zero-order valence-corrected chi connectivity index (χ0v) is 16.1. The second kappa shape index (κ2) is 7.44. The van der Waals surface area contributed by atoms with Crippen molar-refractivity contribution in [3.05, 3.63) is 35.8 Å². The molecule has 2 aliphatic rings. The Labute approximate surface area is 159 Å². The molecule has 0 bridgehead atoms. The van der Waals surface area contributed by atoms with E-state index in [1.165, 1.54) is 12.0 Å². The summed E-state index contributed by atoms with van der Waals surface area (Å²) in [6.45, 7) is 9.40. The quantitative estimate of drug-likeness (QED) is 0.812. The molecule has 8 heteroatoms. The molecular weight excluding hydrogens is 346 g/mol. The van der Waals surface area contributed by atoms with E-state index >= 15 is 0 Å². The van der Waals surface area contributed by atoms with Gasteiger partial charge in [-0.25, -0.2) is 4.98 Å². The van der Waals surface area contributed by atoms with Gasteiger partial charge in [-0.1, -0.05) is 0 Å². The molecule has 4 rings (SSSR count). The number of carbonyl (C=O) groups excluding carboxylic acids is 1. The van der Waals surface area contributed by atoms with Gasteiger partial charge in [-0.05, 0) is 26.7 Å². The summed E-state index contributed by atoms with van der Waals surface area (Å²) >= 11 is 0. The monoisotopic (exact) mass is 373 g/mol. The lowest BCUT2D eigenvalue weighted by atomic mass is 9.89. The molecule has 0 unspecified atom stereocenters. The fourth-order valence-corrected chi connectivity index (χ4v) is 4.02. The van der Waals surface area contributed by atoms with Gasteiger partial charge in [-0.15, -0.1) is 0 Å². The van der Waals surface area contributed by atoms with E-state index in [1.807, 2.05) is 15.8 Å². The van der Waals surface area contributed by atoms with E-state index in [2.05, 4.69) is 28.1 Å². The third kappa shape index (κ3) is 3.77. The molecule has 0 saturated carbocycles. The molecule has 2 saturated heterocycles. The van der Waals surface area contributed by atoms with Gasteiger partial charge in [0, 0.05) is 44.5 Å². The fourth-order valence-electron chi connectivity index (χ4n) is 4.02. The molecule has 27 heavy (non-hydrogen) atoms. The molecule has 2 fully saturated rings. The van der Waals surface area contributed by atoms with Gasteiger partial charge in [-0.3, -0.25) is 14.4 Å². The summed E-state index contributed by atoms with van der Waals surface area (Å²) in [5, 5.41) is 4.35.